The van der Waals surface area contributed by atoms with Gasteiger partial charge in [0.25, 0.3) is 0 Å². The molecular formula is C60H41NO. The van der Waals surface area contributed by atoms with E-state index in [2.05, 4.69) is 241 Å². The monoisotopic (exact) mass is 791 g/mol. The number of fused-ring (bicyclic) bond motifs is 3. The molecule has 0 N–H and O–H groups in total. The van der Waals surface area contributed by atoms with Gasteiger partial charge in [-0.2, -0.15) is 0 Å². The Morgan fingerprint density at radius 3 is 1.03 bits per heavy atom. The predicted octanol–water partition coefficient (Wildman–Crippen LogP) is 17.1. The van der Waals surface area contributed by atoms with Gasteiger partial charge in [0.2, 0.25) is 0 Å². The molecule has 0 saturated heterocycles. The molecule has 2 heteroatoms. The summed E-state index contributed by atoms with van der Waals surface area (Å²) in [5, 5.41) is 2.28. The second kappa shape index (κ2) is 16.1. The molecule has 0 aliphatic rings. The van der Waals surface area contributed by atoms with Crippen LogP contribution in [-0.2, 0) is 0 Å². The summed E-state index contributed by atoms with van der Waals surface area (Å²) in [4.78, 5) is 2.35. The maximum atomic E-state index is 6.36. The van der Waals surface area contributed by atoms with E-state index in [4.69, 9.17) is 4.42 Å². The van der Waals surface area contributed by atoms with Crippen LogP contribution in [0.25, 0.3) is 88.7 Å². The maximum absolute atomic E-state index is 6.36. The van der Waals surface area contributed by atoms with Crippen LogP contribution in [0.3, 0.4) is 0 Å². The fraction of sp³-hybridized carbons (Fsp3) is 0. The van der Waals surface area contributed by atoms with E-state index in [1.165, 1.54) is 44.5 Å². The van der Waals surface area contributed by atoms with Gasteiger partial charge in [-0.25, -0.2) is 0 Å². The van der Waals surface area contributed by atoms with Crippen molar-refractivity contribution in [3.8, 4) is 66.8 Å². The van der Waals surface area contributed by atoms with Gasteiger partial charge in [0.15, 0.2) is 0 Å². The number of hydrogen-bond donors (Lipinski definition) is 0. The highest BCUT2D eigenvalue weighted by Gasteiger charge is 2.17. The van der Waals surface area contributed by atoms with Gasteiger partial charge in [-0.3, -0.25) is 0 Å². The fourth-order valence-corrected chi connectivity index (χ4v) is 8.86. The maximum Gasteiger partial charge on any atom is 0.143 e. The van der Waals surface area contributed by atoms with Crippen molar-refractivity contribution >= 4 is 39.0 Å². The first kappa shape index (κ1) is 36.8. The normalized spacial score (nSPS) is 11.2. The Kier molecular flexibility index (Phi) is 9.57. The number of hydrogen-bond acceptors (Lipinski definition) is 2. The third-order valence-electron chi connectivity index (χ3n) is 12.0. The highest BCUT2D eigenvalue weighted by atomic mass is 16.3. The van der Waals surface area contributed by atoms with E-state index in [-0.39, 0.29) is 0 Å². The minimum atomic E-state index is 0.911. The highest BCUT2D eigenvalue weighted by Crippen LogP contribution is 2.41. The molecule has 1 heterocycles. The van der Waals surface area contributed by atoms with Crippen molar-refractivity contribution in [1.29, 1.82) is 0 Å². The number of para-hydroxylation sites is 2. The first-order valence-corrected chi connectivity index (χ1v) is 21.2. The molecule has 0 aliphatic heterocycles. The quantitative estimate of drug-likeness (QED) is 0.145. The van der Waals surface area contributed by atoms with Crippen LogP contribution in [0.15, 0.2) is 253 Å². The summed E-state index contributed by atoms with van der Waals surface area (Å²) in [6.07, 6.45) is 0. The van der Waals surface area contributed by atoms with Gasteiger partial charge in [-0.05, 0) is 104 Å². The number of rotatable bonds is 9. The van der Waals surface area contributed by atoms with Crippen molar-refractivity contribution < 1.29 is 4.42 Å². The summed E-state index contributed by atoms with van der Waals surface area (Å²) in [5.74, 6) is 0. The van der Waals surface area contributed by atoms with Crippen molar-refractivity contribution in [3.63, 3.8) is 0 Å². The Labute approximate surface area is 362 Å². The van der Waals surface area contributed by atoms with Gasteiger partial charge in [0, 0.05) is 33.4 Å². The van der Waals surface area contributed by atoms with E-state index < -0.39 is 0 Å². The smallest absolute Gasteiger partial charge is 0.143 e. The Morgan fingerprint density at radius 2 is 0.548 bits per heavy atom. The number of anilines is 3. The molecule has 11 rings (SSSR count). The zero-order chi connectivity index (χ0) is 41.2. The van der Waals surface area contributed by atoms with E-state index in [0.717, 1.165) is 61.3 Å². The summed E-state index contributed by atoms with van der Waals surface area (Å²) < 4.78 is 6.36. The first-order valence-electron chi connectivity index (χ1n) is 21.2. The predicted molar refractivity (Wildman–Crippen MR) is 261 cm³/mol. The molecule has 0 aliphatic carbocycles. The zero-order valence-corrected chi connectivity index (χ0v) is 34.0. The Morgan fingerprint density at radius 1 is 0.226 bits per heavy atom. The Hall–Kier alpha value is -8.20. The average Bonchev–Trinajstić information content (AvgIpc) is 3.75. The molecule has 1 aromatic heterocycles. The van der Waals surface area contributed by atoms with Crippen molar-refractivity contribution in [1.82, 2.24) is 0 Å². The number of nitrogens with zero attached hydrogens (tertiary/aromatic N) is 1. The summed E-state index contributed by atoms with van der Waals surface area (Å²) >= 11 is 0. The van der Waals surface area contributed by atoms with Crippen molar-refractivity contribution in [2.45, 2.75) is 0 Å². The largest absolute Gasteiger partial charge is 0.455 e. The van der Waals surface area contributed by atoms with E-state index in [9.17, 15) is 0 Å². The molecular weight excluding hydrogens is 751 g/mol. The van der Waals surface area contributed by atoms with Crippen LogP contribution in [0.1, 0.15) is 0 Å². The molecule has 11 aromatic rings. The van der Waals surface area contributed by atoms with Gasteiger partial charge in [-0.15, -0.1) is 0 Å². The molecule has 0 saturated carbocycles. The lowest BCUT2D eigenvalue weighted by atomic mass is 9.94. The molecule has 0 fully saturated rings. The van der Waals surface area contributed by atoms with Crippen LogP contribution in [0.2, 0.25) is 0 Å². The first-order chi connectivity index (χ1) is 30.7. The van der Waals surface area contributed by atoms with Crippen molar-refractivity contribution in [3.05, 3.63) is 249 Å². The minimum absolute atomic E-state index is 0.911. The van der Waals surface area contributed by atoms with Crippen molar-refractivity contribution in [2.75, 3.05) is 4.90 Å². The highest BCUT2D eigenvalue weighted by molar-refractivity contribution is 6.09. The molecule has 0 atom stereocenters. The minimum Gasteiger partial charge on any atom is -0.455 e. The molecule has 0 amide bonds. The van der Waals surface area contributed by atoms with Crippen LogP contribution in [-0.4, -0.2) is 0 Å². The fourth-order valence-electron chi connectivity index (χ4n) is 8.86. The topological polar surface area (TPSA) is 16.4 Å². The summed E-state index contributed by atoms with van der Waals surface area (Å²) in [7, 11) is 0. The van der Waals surface area contributed by atoms with Crippen LogP contribution >= 0.6 is 0 Å². The van der Waals surface area contributed by atoms with Gasteiger partial charge in [0.05, 0.1) is 0 Å². The van der Waals surface area contributed by atoms with Gasteiger partial charge < -0.3 is 9.32 Å². The Balaban J connectivity index is 0.940. The molecule has 0 bridgehead atoms. The molecule has 0 spiro atoms. The molecule has 0 unspecified atom stereocenters. The lowest BCUT2D eigenvalue weighted by Crippen LogP contribution is -2.09. The van der Waals surface area contributed by atoms with Crippen LogP contribution in [0.4, 0.5) is 17.1 Å². The Bertz CT molecular complexity index is 3170. The van der Waals surface area contributed by atoms with Crippen LogP contribution < -0.4 is 4.90 Å². The molecule has 0 radical (unpaired) electrons. The second-order valence-electron chi connectivity index (χ2n) is 15.7. The summed E-state index contributed by atoms with van der Waals surface area (Å²) in [6, 6.07) is 88.9. The zero-order valence-electron chi connectivity index (χ0n) is 34.0. The standard InChI is InChI=1S/C60H41NO/c1-3-14-44(15-4-1)52-18-7-9-20-54(52)46-32-38-50(39-33-46)61(51-40-34-47(35-41-51)55-21-10-8-19-53(55)45-16-5-2-6-17-45)49-36-30-43(31-37-49)42-26-28-48(29-27-42)56-23-13-24-58-57-22-11-12-25-59(57)62-60(56)58/h1-41H. The molecule has 10 aromatic carbocycles. The lowest BCUT2D eigenvalue weighted by Gasteiger charge is -2.26. The lowest BCUT2D eigenvalue weighted by molar-refractivity contribution is 0.670. The molecule has 2 nitrogen and oxygen atoms in total. The van der Waals surface area contributed by atoms with E-state index >= 15 is 0 Å². The van der Waals surface area contributed by atoms with Gasteiger partial charge >= 0.3 is 0 Å². The molecule has 62 heavy (non-hydrogen) atoms. The second-order valence-corrected chi connectivity index (χ2v) is 15.7. The third-order valence-corrected chi connectivity index (χ3v) is 12.0. The summed E-state index contributed by atoms with van der Waals surface area (Å²) in [5.41, 5.74) is 19.3. The third kappa shape index (κ3) is 6.94. The molecule has 292 valence electrons. The number of furan rings is 1. The van der Waals surface area contributed by atoms with Crippen LogP contribution in [0.5, 0.6) is 0 Å². The van der Waals surface area contributed by atoms with Gasteiger partial charge in [0.1, 0.15) is 11.2 Å². The summed E-state index contributed by atoms with van der Waals surface area (Å²) in [6.45, 7) is 0. The van der Waals surface area contributed by atoms with E-state index in [0.29, 0.717) is 0 Å². The average molecular weight is 792 g/mol. The number of benzene rings is 10. The van der Waals surface area contributed by atoms with Crippen LogP contribution in [0, 0.1) is 0 Å². The van der Waals surface area contributed by atoms with E-state index in [1.807, 2.05) is 12.1 Å². The SMILES string of the molecule is c1ccc(-c2ccccc2-c2ccc(N(c3ccc(-c4ccc(-c5cccc6c5oc5ccccc56)cc4)cc3)c3ccc(-c4ccccc4-c4ccccc4)cc3)cc2)cc1. The van der Waals surface area contributed by atoms with E-state index in [1.54, 1.807) is 0 Å². The van der Waals surface area contributed by atoms with Crippen molar-refractivity contribution in [2.24, 2.45) is 0 Å². The van der Waals surface area contributed by atoms with Gasteiger partial charge in [-0.1, -0.05) is 206 Å².